The first kappa shape index (κ1) is 14.6. The highest BCUT2D eigenvalue weighted by Crippen LogP contribution is 2.40. The second-order valence-electron chi connectivity index (χ2n) is 6.63. The van der Waals surface area contributed by atoms with Gasteiger partial charge < -0.3 is 5.32 Å². The zero-order valence-corrected chi connectivity index (χ0v) is 14.6. The van der Waals surface area contributed by atoms with Gasteiger partial charge in [-0.2, -0.15) is 0 Å². The monoisotopic (exact) mass is 323 g/mol. The number of hydrogen-bond donors (Lipinski definition) is 1. The molecule has 1 aliphatic rings. The van der Waals surface area contributed by atoms with Crippen molar-refractivity contribution in [3.8, 4) is 0 Å². The quantitative estimate of drug-likeness (QED) is 0.706. The third-order valence-electron chi connectivity index (χ3n) is 4.95. The van der Waals surface area contributed by atoms with Gasteiger partial charge in [-0.05, 0) is 61.8 Å². The van der Waals surface area contributed by atoms with Gasteiger partial charge in [-0.25, -0.2) is 9.97 Å². The molecule has 1 N–H and O–H groups in total. The fraction of sp³-hybridized carbons (Fsp3) is 0.368. The summed E-state index contributed by atoms with van der Waals surface area (Å²) in [5.41, 5.74) is 5.17. The molecule has 0 amide bonds. The zero-order valence-electron chi connectivity index (χ0n) is 13.8. The third-order valence-corrected chi connectivity index (χ3v) is 6.11. The molecule has 0 saturated carbocycles. The SMILES string of the molecule is Cc1cccc(Nc2ncnc3sc4c(c23)CCC(C)C4)c1C. The van der Waals surface area contributed by atoms with Gasteiger partial charge in [0.05, 0.1) is 5.39 Å². The fourth-order valence-corrected chi connectivity index (χ4v) is 4.73. The molecule has 23 heavy (non-hydrogen) atoms. The van der Waals surface area contributed by atoms with E-state index in [1.54, 1.807) is 6.33 Å². The lowest BCUT2D eigenvalue weighted by molar-refractivity contribution is 0.509. The number of aromatic nitrogens is 2. The van der Waals surface area contributed by atoms with Crippen LogP contribution in [0.4, 0.5) is 11.5 Å². The third kappa shape index (κ3) is 2.51. The van der Waals surface area contributed by atoms with Crippen molar-refractivity contribution in [2.75, 3.05) is 5.32 Å². The Hall–Kier alpha value is -1.94. The number of aryl methyl sites for hydroxylation is 2. The number of benzene rings is 1. The standard InChI is InChI=1S/C19H21N3S/c1-11-7-8-14-16(9-11)23-19-17(14)18(20-10-21-19)22-15-6-4-5-12(2)13(15)3/h4-6,10-11H,7-9H2,1-3H3,(H,20,21,22). The molecule has 0 spiro atoms. The molecule has 0 saturated heterocycles. The Morgan fingerprint density at radius 2 is 2.09 bits per heavy atom. The minimum atomic E-state index is 0.777. The second-order valence-corrected chi connectivity index (χ2v) is 7.71. The van der Waals surface area contributed by atoms with Crippen LogP contribution in [0.2, 0.25) is 0 Å². The highest BCUT2D eigenvalue weighted by molar-refractivity contribution is 7.19. The van der Waals surface area contributed by atoms with Crippen LogP contribution >= 0.6 is 11.3 Å². The van der Waals surface area contributed by atoms with E-state index in [2.05, 4.69) is 54.3 Å². The smallest absolute Gasteiger partial charge is 0.142 e. The van der Waals surface area contributed by atoms with Gasteiger partial charge in [0.1, 0.15) is 17.0 Å². The van der Waals surface area contributed by atoms with Gasteiger partial charge in [0.2, 0.25) is 0 Å². The Bertz CT molecular complexity index is 882. The topological polar surface area (TPSA) is 37.8 Å². The lowest BCUT2D eigenvalue weighted by Gasteiger charge is -2.18. The largest absolute Gasteiger partial charge is 0.339 e. The Balaban J connectivity index is 1.83. The normalized spacial score (nSPS) is 17.3. The molecular weight excluding hydrogens is 302 g/mol. The molecule has 1 aliphatic carbocycles. The van der Waals surface area contributed by atoms with Gasteiger partial charge in [0.25, 0.3) is 0 Å². The Labute approximate surface area is 140 Å². The first-order valence-corrected chi connectivity index (χ1v) is 9.03. The number of rotatable bonds is 2. The van der Waals surface area contributed by atoms with Crippen molar-refractivity contribution in [1.82, 2.24) is 9.97 Å². The van der Waals surface area contributed by atoms with Crippen LogP contribution in [0.5, 0.6) is 0 Å². The average Bonchev–Trinajstić information content (AvgIpc) is 2.90. The van der Waals surface area contributed by atoms with Crippen molar-refractivity contribution in [3.05, 3.63) is 46.1 Å². The molecule has 0 fully saturated rings. The van der Waals surface area contributed by atoms with E-state index >= 15 is 0 Å². The van der Waals surface area contributed by atoms with Gasteiger partial charge in [0, 0.05) is 10.6 Å². The summed E-state index contributed by atoms with van der Waals surface area (Å²) in [6, 6.07) is 6.36. The van der Waals surface area contributed by atoms with E-state index < -0.39 is 0 Å². The zero-order chi connectivity index (χ0) is 16.0. The second kappa shape index (κ2) is 5.60. The van der Waals surface area contributed by atoms with Gasteiger partial charge in [-0.15, -0.1) is 11.3 Å². The molecular formula is C19H21N3S. The van der Waals surface area contributed by atoms with Crippen molar-refractivity contribution in [2.45, 2.75) is 40.0 Å². The molecule has 4 rings (SSSR count). The number of hydrogen-bond acceptors (Lipinski definition) is 4. The molecule has 2 aromatic heterocycles. The van der Waals surface area contributed by atoms with Crippen molar-refractivity contribution < 1.29 is 0 Å². The van der Waals surface area contributed by atoms with Crippen LogP contribution in [0.25, 0.3) is 10.2 Å². The first-order valence-electron chi connectivity index (χ1n) is 8.22. The maximum absolute atomic E-state index is 4.56. The summed E-state index contributed by atoms with van der Waals surface area (Å²) in [7, 11) is 0. The molecule has 3 nitrogen and oxygen atoms in total. The van der Waals surface area contributed by atoms with Gasteiger partial charge in [-0.1, -0.05) is 19.1 Å². The maximum atomic E-state index is 4.56. The van der Waals surface area contributed by atoms with Crippen molar-refractivity contribution in [2.24, 2.45) is 5.92 Å². The average molecular weight is 323 g/mol. The minimum Gasteiger partial charge on any atom is -0.339 e. The van der Waals surface area contributed by atoms with Crippen LogP contribution in [0.15, 0.2) is 24.5 Å². The van der Waals surface area contributed by atoms with Crippen molar-refractivity contribution >= 4 is 33.1 Å². The molecule has 1 aromatic carbocycles. The summed E-state index contributed by atoms with van der Waals surface area (Å²) in [6.45, 7) is 6.64. The van der Waals surface area contributed by atoms with E-state index in [1.165, 1.54) is 39.8 Å². The molecule has 3 aromatic rings. The molecule has 2 heterocycles. The van der Waals surface area contributed by atoms with Gasteiger partial charge in [0.15, 0.2) is 0 Å². The lowest BCUT2D eigenvalue weighted by atomic mass is 9.89. The first-order chi connectivity index (χ1) is 11.1. The highest BCUT2D eigenvalue weighted by Gasteiger charge is 2.23. The van der Waals surface area contributed by atoms with Gasteiger partial charge in [-0.3, -0.25) is 0 Å². The summed E-state index contributed by atoms with van der Waals surface area (Å²) < 4.78 is 0. The number of nitrogens with zero attached hydrogens (tertiary/aromatic N) is 2. The summed E-state index contributed by atoms with van der Waals surface area (Å²) in [5, 5.41) is 4.80. The van der Waals surface area contributed by atoms with Crippen molar-refractivity contribution in [1.29, 1.82) is 0 Å². The molecule has 0 aliphatic heterocycles. The number of fused-ring (bicyclic) bond motifs is 3. The molecule has 118 valence electrons. The van der Waals surface area contributed by atoms with Crippen LogP contribution in [-0.4, -0.2) is 9.97 Å². The van der Waals surface area contributed by atoms with Crippen LogP contribution in [0.3, 0.4) is 0 Å². The fourth-order valence-electron chi connectivity index (χ4n) is 3.38. The van der Waals surface area contributed by atoms with Crippen LogP contribution in [-0.2, 0) is 12.8 Å². The molecule has 0 radical (unpaired) electrons. The Morgan fingerprint density at radius 1 is 1.22 bits per heavy atom. The van der Waals surface area contributed by atoms with E-state index in [1.807, 2.05) is 11.3 Å². The van der Waals surface area contributed by atoms with Crippen LogP contribution in [0, 0.1) is 19.8 Å². The predicted molar refractivity (Wildman–Crippen MR) is 97.8 cm³/mol. The Kier molecular flexibility index (Phi) is 3.57. The summed E-state index contributed by atoms with van der Waals surface area (Å²) in [5.74, 6) is 1.73. The van der Waals surface area contributed by atoms with E-state index in [9.17, 15) is 0 Å². The number of thiophene rings is 1. The summed E-state index contributed by atoms with van der Waals surface area (Å²) in [4.78, 5) is 11.7. The van der Waals surface area contributed by atoms with Crippen molar-refractivity contribution in [3.63, 3.8) is 0 Å². The summed E-state index contributed by atoms with van der Waals surface area (Å²) >= 11 is 1.84. The van der Waals surface area contributed by atoms with E-state index in [-0.39, 0.29) is 0 Å². The molecule has 0 bridgehead atoms. The summed E-state index contributed by atoms with van der Waals surface area (Å²) in [6.07, 6.45) is 5.27. The predicted octanol–water partition coefficient (Wildman–Crippen LogP) is 5.18. The van der Waals surface area contributed by atoms with E-state index in [0.717, 1.165) is 28.7 Å². The maximum Gasteiger partial charge on any atom is 0.142 e. The lowest BCUT2D eigenvalue weighted by Crippen LogP contribution is -2.09. The van der Waals surface area contributed by atoms with Crippen LogP contribution < -0.4 is 5.32 Å². The Morgan fingerprint density at radius 3 is 2.96 bits per heavy atom. The minimum absolute atomic E-state index is 0.777. The molecule has 4 heteroatoms. The van der Waals surface area contributed by atoms with E-state index in [0.29, 0.717) is 0 Å². The number of nitrogens with one attached hydrogen (secondary N) is 1. The molecule has 1 atom stereocenters. The molecule has 1 unspecified atom stereocenters. The van der Waals surface area contributed by atoms with Gasteiger partial charge >= 0.3 is 0 Å². The van der Waals surface area contributed by atoms with E-state index in [4.69, 9.17) is 0 Å². The van der Waals surface area contributed by atoms with Crippen LogP contribution in [0.1, 0.15) is 34.9 Å². The number of anilines is 2. The highest BCUT2D eigenvalue weighted by atomic mass is 32.1.